The van der Waals surface area contributed by atoms with Crippen LogP contribution >= 0.6 is 0 Å². The molecule has 8 heteroatoms. The Labute approximate surface area is 97.4 Å². The predicted octanol–water partition coefficient (Wildman–Crippen LogP) is -1.99. The first-order valence-electron chi connectivity index (χ1n) is 5.20. The third-order valence-electron chi connectivity index (χ3n) is 2.39. The predicted molar refractivity (Wildman–Crippen MR) is 56.2 cm³/mol. The Morgan fingerprint density at radius 1 is 1.53 bits per heavy atom. The van der Waals surface area contributed by atoms with Gasteiger partial charge < -0.3 is 26.2 Å². The molecule has 0 aromatic carbocycles. The number of urea groups is 1. The number of amides is 3. The van der Waals surface area contributed by atoms with Gasteiger partial charge in [-0.1, -0.05) is 0 Å². The van der Waals surface area contributed by atoms with E-state index in [2.05, 4.69) is 16.0 Å². The third-order valence-corrected chi connectivity index (χ3v) is 2.39. The summed E-state index contributed by atoms with van der Waals surface area (Å²) in [5.74, 6) is -1.37. The summed E-state index contributed by atoms with van der Waals surface area (Å²) in [6, 6.07) is -2.22. The van der Waals surface area contributed by atoms with Gasteiger partial charge >= 0.3 is 12.0 Å². The van der Waals surface area contributed by atoms with Crippen molar-refractivity contribution in [1.29, 1.82) is 0 Å². The second-order valence-electron chi connectivity index (χ2n) is 3.73. The molecule has 1 aliphatic rings. The lowest BCUT2D eigenvalue weighted by Crippen LogP contribution is -2.54. The molecule has 5 N–H and O–H groups in total. The number of hydrogen-bond acceptors (Lipinski definition) is 4. The molecule has 1 saturated heterocycles. The van der Waals surface area contributed by atoms with Crippen molar-refractivity contribution in [3.8, 4) is 0 Å². The summed E-state index contributed by atoms with van der Waals surface area (Å²) in [5.41, 5.74) is 0. The normalized spacial score (nSPS) is 21.2. The molecule has 1 unspecified atom stereocenters. The SMILES string of the molecule is O=C1CCC(NC(=O)N[C@H](CO)C(=O)O)CN1. The van der Waals surface area contributed by atoms with Crippen LogP contribution in [0.5, 0.6) is 0 Å². The van der Waals surface area contributed by atoms with E-state index in [0.717, 1.165) is 0 Å². The smallest absolute Gasteiger partial charge is 0.328 e. The average molecular weight is 245 g/mol. The minimum Gasteiger partial charge on any atom is -0.480 e. The fraction of sp³-hybridized carbons (Fsp3) is 0.667. The van der Waals surface area contributed by atoms with Gasteiger partial charge in [0.25, 0.3) is 0 Å². The van der Waals surface area contributed by atoms with Crippen molar-refractivity contribution in [3.63, 3.8) is 0 Å². The van der Waals surface area contributed by atoms with E-state index >= 15 is 0 Å². The van der Waals surface area contributed by atoms with Gasteiger partial charge in [0.2, 0.25) is 5.91 Å². The summed E-state index contributed by atoms with van der Waals surface area (Å²) in [4.78, 5) is 32.8. The second-order valence-corrected chi connectivity index (χ2v) is 3.73. The van der Waals surface area contributed by atoms with E-state index in [0.29, 0.717) is 19.4 Å². The summed E-state index contributed by atoms with van der Waals surface area (Å²) >= 11 is 0. The van der Waals surface area contributed by atoms with E-state index in [9.17, 15) is 14.4 Å². The number of carboxylic acid groups (broad SMARTS) is 1. The number of aliphatic hydroxyl groups excluding tert-OH is 1. The van der Waals surface area contributed by atoms with Crippen LogP contribution in [0.4, 0.5) is 4.79 Å². The van der Waals surface area contributed by atoms with Crippen molar-refractivity contribution >= 4 is 17.9 Å². The van der Waals surface area contributed by atoms with Crippen LogP contribution < -0.4 is 16.0 Å². The monoisotopic (exact) mass is 245 g/mol. The number of carboxylic acids is 1. The number of nitrogens with one attached hydrogen (secondary N) is 3. The Balaban J connectivity index is 2.34. The molecular weight excluding hydrogens is 230 g/mol. The van der Waals surface area contributed by atoms with E-state index in [1.165, 1.54) is 0 Å². The molecule has 96 valence electrons. The molecule has 1 fully saturated rings. The summed E-state index contributed by atoms with van der Waals surface area (Å²) in [6.45, 7) is -0.354. The molecule has 8 nitrogen and oxygen atoms in total. The van der Waals surface area contributed by atoms with Crippen molar-refractivity contribution in [1.82, 2.24) is 16.0 Å². The molecule has 0 bridgehead atoms. The number of piperidine rings is 1. The number of aliphatic carboxylic acids is 1. The highest BCUT2D eigenvalue weighted by molar-refractivity contribution is 5.83. The molecule has 1 aliphatic heterocycles. The number of aliphatic hydroxyl groups is 1. The molecule has 1 heterocycles. The topological polar surface area (TPSA) is 128 Å². The molecule has 0 saturated carbocycles. The van der Waals surface area contributed by atoms with Crippen molar-refractivity contribution in [2.45, 2.75) is 24.9 Å². The number of carbonyl (C=O) groups excluding carboxylic acids is 2. The van der Waals surface area contributed by atoms with E-state index in [1.807, 2.05) is 0 Å². The van der Waals surface area contributed by atoms with Crippen LogP contribution in [0.15, 0.2) is 0 Å². The zero-order valence-electron chi connectivity index (χ0n) is 9.10. The standard InChI is InChI=1S/C9H15N3O5/c13-4-6(8(15)16)12-9(17)11-5-1-2-7(14)10-3-5/h5-6,13H,1-4H2,(H,10,14)(H,15,16)(H2,11,12,17)/t5?,6-/m1/s1. The molecule has 17 heavy (non-hydrogen) atoms. The molecule has 0 aromatic heterocycles. The minimum atomic E-state index is -1.33. The quantitative estimate of drug-likeness (QED) is 0.392. The Kier molecular flexibility index (Phi) is 4.70. The highest BCUT2D eigenvalue weighted by Crippen LogP contribution is 2.02. The van der Waals surface area contributed by atoms with Gasteiger partial charge in [-0.15, -0.1) is 0 Å². The molecule has 0 radical (unpaired) electrons. The number of carbonyl (C=O) groups is 3. The highest BCUT2D eigenvalue weighted by Gasteiger charge is 2.22. The Hall–Kier alpha value is -1.83. The van der Waals surface area contributed by atoms with Crippen LogP contribution in [0.1, 0.15) is 12.8 Å². The summed E-state index contributed by atoms with van der Waals surface area (Å²) in [7, 11) is 0. The van der Waals surface area contributed by atoms with Gasteiger partial charge in [-0.3, -0.25) is 4.79 Å². The lowest BCUT2D eigenvalue weighted by atomic mass is 10.1. The first-order chi connectivity index (χ1) is 8.02. The van der Waals surface area contributed by atoms with E-state index in [-0.39, 0.29) is 11.9 Å². The zero-order valence-corrected chi connectivity index (χ0v) is 9.10. The van der Waals surface area contributed by atoms with Crippen molar-refractivity contribution < 1.29 is 24.6 Å². The fourth-order valence-corrected chi connectivity index (χ4v) is 1.43. The van der Waals surface area contributed by atoms with Gasteiger partial charge in [0, 0.05) is 19.0 Å². The molecule has 3 amide bonds. The third kappa shape index (κ3) is 4.27. The van der Waals surface area contributed by atoms with Gasteiger partial charge in [-0.2, -0.15) is 0 Å². The maximum Gasteiger partial charge on any atom is 0.328 e. The maximum atomic E-state index is 11.4. The lowest BCUT2D eigenvalue weighted by molar-refractivity contribution is -0.140. The second kappa shape index (κ2) is 6.04. The van der Waals surface area contributed by atoms with Crippen LogP contribution in [0, 0.1) is 0 Å². The molecule has 0 aliphatic carbocycles. The van der Waals surface area contributed by atoms with Gasteiger partial charge in [0.15, 0.2) is 6.04 Å². The number of rotatable bonds is 4. The van der Waals surface area contributed by atoms with E-state index < -0.39 is 24.6 Å². The Bertz CT molecular complexity index is 310. The van der Waals surface area contributed by atoms with Crippen LogP contribution in [-0.2, 0) is 9.59 Å². The Morgan fingerprint density at radius 3 is 2.71 bits per heavy atom. The zero-order chi connectivity index (χ0) is 12.8. The molecule has 0 aromatic rings. The summed E-state index contributed by atoms with van der Waals surface area (Å²) in [5, 5.41) is 24.5. The van der Waals surface area contributed by atoms with Gasteiger partial charge in [0.1, 0.15) is 0 Å². The summed E-state index contributed by atoms with van der Waals surface area (Å²) in [6.07, 6.45) is 0.837. The summed E-state index contributed by atoms with van der Waals surface area (Å²) < 4.78 is 0. The van der Waals surface area contributed by atoms with Gasteiger partial charge in [-0.05, 0) is 6.42 Å². The minimum absolute atomic E-state index is 0.0674. The lowest BCUT2D eigenvalue weighted by Gasteiger charge is -2.24. The molecular formula is C9H15N3O5. The molecule has 2 atom stereocenters. The van der Waals surface area contributed by atoms with Crippen molar-refractivity contribution in [3.05, 3.63) is 0 Å². The van der Waals surface area contributed by atoms with Crippen LogP contribution in [0.3, 0.4) is 0 Å². The fourth-order valence-electron chi connectivity index (χ4n) is 1.43. The van der Waals surface area contributed by atoms with Crippen molar-refractivity contribution in [2.24, 2.45) is 0 Å². The maximum absolute atomic E-state index is 11.4. The number of hydrogen-bond donors (Lipinski definition) is 5. The first kappa shape index (κ1) is 13.2. The molecule has 1 rings (SSSR count). The first-order valence-corrected chi connectivity index (χ1v) is 5.20. The van der Waals surface area contributed by atoms with Crippen LogP contribution in [-0.4, -0.2) is 53.4 Å². The largest absolute Gasteiger partial charge is 0.480 e. The van der Waals surface area contributed by atoms with Crippen LogP contribution in [0.2, 0.25) is 0 Å². The van der Waals surface area contributed by atoms with Gasteiger partial charge in [0.05, 0.1) is 6.61 Å². The van der Waals surface area contributed by atoms with Crippen LogP contribution in [0.25, 0.3) is 0 Å². The van der Waals surface area contributed by atoms with Gasteiger partial charge in [-0.25, -0.2) is 9.59 Å². The highest BCUT2D eigenvalue weighted by atomic mass is 16.4. The van der Waals surface area contributed by atoms with Crippen molar-refractivity contribution in [2.75, 3.05) is 13.2 Å². The molecule has 0 spiro atoms. The van der Waals surface area contributed by atoms with E-state index in [1.54, 1.807) is 0 Å². The average Bonchev–Trinajstić information content (AvgIpc) is 2.28. The Morgan fingerprint density at radius 2 is 2.24 bits per heavy atom. The van der Waals surface area contributed by atoms with E-state index in [4.69, 9.17) is 10.2 Å².